The highest BCUT2D eigenvalue weighted by Gasteiger charge is 2.30. The summed E-state index contributed by atoms with van der Waals surface area (Å²) in [5, 5.41) is 0. The summed E-state index contributed by atoms with van der Waals surface area (Å²) < 4.78 is 26.7. The molecule has 13 heavy (non-hydrogen) atoms. The van der Waals surface area contributed by atoms with E-state index in [1.54, 1.807) is 0 Å². The average Bonchev–Trinajstić information content (AvgIpc) is 2.18. The van der Waals surface area contributed by atoms with Crippen LogP contribution in [-0.2, 0) is 10.2 Å². The molecule has 1 fully saturated rings. The van der Waals surface area contributed by atoms with E-state index in [0.717, 1.165) is 19.3 Å². The lowest BCUT2D eigenvalue weighted by atomic mass is 10.1. The van der Waals surface area contributed by atoms with E-state index in [2.05, 4.69) is 4.72 Å². The Kier molecular flexibility index (Phi) is 3.97. The van der Waals surface area contributed by atoms with Crippen LogP contribution in [0.15, 0.2) is 0 Å². The van der Waals surface area contributed by atoms with Gasteiger partial charge in [0, 0.05) is 25.5 Å². The molecule has 1 saturated heterocycles. The highest BCUT2D eigenvalue weighted by Crippen LogP contribution is 2.20. The molecule has 0 saturated carbocycles. The quantitative estimate of drug-likeness (QED) is 0.715. The van der Waals surface area contributed by atoms with Crippen molar-refractivity contribution in [2.45, 2.75) is 25.3 Å². The van der Waals surface area contributed by atoms with Crippen LogP contribution >= 0.6 is 11.6 Å². The summed E-state index contributed by atoms with van der Waals surface area (Å²) in [6, 6.07) is -0.0344. The van der Waals surface area contributed by atoms with Crippen LogP contribution in [0.1, 0.15) is 19.3 Å². The third-order valence-electron chi connectivity index (χ3n) is 2.32. The number of alkyl halides is 1. The van der Waals surface area contributed by atoms with E-state index in [1.165, 1.54) is 11.4 Å². The summed E-state index contributed by atoms with van der Waals surface area (Å²) in [6.07, 6.45) is 2.85. The molecule has 6 heteroatoms. The number of halogens is 1. The van der Waals surface area contributed by atoms with Gasteiger partial charge in [0.2, 0.25) is 0 Å². The van der Waals surface area contributed by atoms with Gasteiger partial charge in [-0.2, -0.15) is 12.7 Å². The zero-order valence-electron chi connectivity index (χ0n) is 7.66. The molecular weight excluding hydrogens is 212 g/mol. The zero-order chi connectivity index (χ0) is 9.90. The second-order valence-electron chi connectivity index (χ2n) is 3.12. The second kappa shape index (κ2) is 4.59. The van der Waals surface area contributed by atoms with E-state index in [4.69, 9.17) is 11.6 Å². The van der Waals surface area contributed by atoms with Crippen molar-refractivity contribution >= 4 is 21.8 Å². The van der Waals surface area contributed by atoms with Crippen LogP contribution in [-0.4, -0.2) is 38.2 Å². The Morgan fingerprint density at radius 1 is 1.54 bits per heavy atom. The molecule has 0 aromatic rings. The summed E-state index contributed by atoms with van der Waals surface area (Å²) in [6.45, 7) is 0.584. The molecule has 0 aliphatic carbocycles. The van der Waals surface area contributed by atoms with Crippen LogP contribution in [0.5, 0.6) is 0 Å². The van der Waals surface area contributed by atoms with Gasteiger partial charge in [-0.25, -0.2) is 4.72 Å². The summed E-state index contributed by atoms with van der Waals surface area (Å²) in [5.41, 5.74) is 0. The lowest BCUT2D eigenvalue weighted by Gasteiger charge is -2.32. The third-order valence-corrected chi connectivity index (χ3v) is 4.29. The minimum absolute atomic E-state index is 0.0344. The van der Waals surface area contributed by atoms with Gasteiger partial charge in [0.25, 0.3) is 10.2 Å². The summed E-state index contributed by atoms with van der Waals surface area (Å²) in [5.74, 6) is 0.376. The van der Waals surface area contributed by atoms with Crippen molar-refractivity contribution in [2.24, 2.45) is 0 Å². The monoisotopic (exact) mass is 226 g/mol. The SMILES string of the molecule is CNS(=O)(=O)N1CCCCC1CCl. The maximum atomic E-state index is 11.5. The molecule has 1 atom stereocenters. The number of piperidine rings is 1. The van der Waals surface area contributed by atoms with Gasteiger partial charge in [-0.05, 0) is 12.8 Å². The molecule has 1 unspecified atom stereocenters. The van der Waals surface area contributed by atoms with Crippen LogP contribution in [0.2, 0.25) is 0 Å². The van der Waals surface area contributed by atoms with Crippen LogP contribution in [0.3, 0.4) is 0 Å². The Balaban J connectivity index is 2.75. The number of hydrogen-bond acceptors (Lipinski definition) is 2. The molecule has 1 aliphatic heterocycles. The maximum absolute atomic E-state index is 11.5. The summed E-state index contributed by atoms with van der Waals surface area (Å²) in [7, 11) is -1.86. The van der Waals surface area contributed by atoms with E-state index in [0.29, 0.717) is 12.4 Å². The van der Waals surface area contributed by atoms with Gasteiger partial charge in [0.15, 0.2) is 0 Å². The second-order valence-corrected chi connectivity index (χ2v) is 5.26. The molecule has 0 aromatic heterocycles. The molecular formula is C7H15ClN2O2S. The normalized spacial score (nSPS) is 26.2. The average molecular weight is 227 g/mol. The van der Waals surface area contributed by atoms with Crippen LogP contribution in [0, 0.1) is 0 Å². The predicted octanol–water partition coefficient (Wildman–Crippen LogP) is 0.544. The fourth-order valence-corrected chi connectivity index (χ4v) is 3.14. The lowest BCUT2D eigenvalue weighted by Crippen LogP contribution is -2.48. The summed E-state index contributed by atoms with van der Waals surface area (Å²) in [4.78, 5) is 0. The molecule has 1 heterocycles. The minimum atomic E-state index is -3.28. The van der Waals surface area contributed by atoms with E-state index < -0.39 is 10.2 Å². The summed E-state index contributed by atoms with van der Waals surface area (Å²) >= 11 is 5.70. The Morgan fingerprint density at radius 3 is 2.77 bits per heavy atom. The smallest absolute Gasteiger partial charge is 0.205 e. The van der Waals surface area contributed by atoms with Crippen molar-refractivity contribution in [3.8, 4) is 0 Å². The molecule has 0 radical (unpaired) electrons. The molecule has 4 nitrogen and oxygen atoms in total. The molecule has 1 aliphatic rings. The topological polar surface area (TPSA) is 49.4 Å². The first-order chi connectivity index (χ1) is 6.11. The first kappa shape index (κ1) is 11.2. The maximum Gasteiger partial charge on any atom is 0.279 e. The van der Waals surface area contributed by atoms with Gasteiger partial charge >= 0.3 is 0 Å². The van der Waals surface area contributed by atoms with Crippen molar-refractivity contribution < 1.29 is 8.42 Å². The molecule has 78 valence electrons. The van der Waals surface area contributed by atoms with E-state index in [-0.39, 0.29) is 6.04 Å². The first-order valence-corrected chi connectivity index (χ1v) is 6.35. The van der Waals surface area contributed by atoms with E-state index in [1.807, 2.05) is 0 Å². The van der Waals surface area contributed by atoms with Crippen LogP contribution in [0.25, 0.3) is 0 Å². The lowest BCUT2D eigenvalue weighted by molar-refractivity contribution is 0.269. The van der Waals surface area contributed by atoms with Crippen molar-refractivity contribution in [1.29, 1.82) is 0 Å². The largest absolute Gasteiger partial charge is 0.279 e. The van der Waals surface area contributed by atoms with Crippen LogP contribution < -0.4 is 4.72 Å². The van der Waals surface area contributed by atoms with Crippen molar-refractivity contribution in [1.82, 2.24) is 9.03 Å². The number of nitrogens with one attached hydrogen (secondary N) is 1. The van der Waals surface area contributed by atoms with Gasteiger partial charge in [0.1, 0.15) is 0 Å². The third kappa shape index (κ3) is 2.56. The standard InChI is InChI=1S/C7H15ClN2O2S/c1-9-13(11,12)10-5-3-2-4-7(10)6-8/h7,9H,2-6H2,1H3. The molecule has 0 spiro atoms. The molecule has 1 N–H and O–H groups in total. The van der Waals surface area contributed by atoms with Gasteiger partial charge in [0.05, 0.1) is 0 Å². The zero-order valence-corrected chi connectivity index (χ0v) is 9.24. The number of nitrogens with zero attached hydrogens (tertiary/aromatic N) is 1. The van der Waals surface area contributed by atoms with Crippen molar-refractivity contribution in [3.63, 3.8) is 0 Å². The fraction of sp³-hybridized carbons (Fsp3) is 1.00. The Labute approximate surface area is 84.4 Å². The van der Waals surface area contributed by atoms with E-state index >= 15 is 0 Å². The Bertz CT molecular complexity index is 255. The van der Waals surface area contributed by atoms with Crippen molar-refractivity contribution in [3.05, 3.63) is 0 Å². The minimum Gasteiger partial charge on any atom is -0.205 e. The molecule has 0 amide bonds. The van der Waals surface area contributed by atoms with Gasteiger partial charge in [-0.1, -0.05) is 6.42 Å². The molecule has 1 rings (SSSR count). The molecule has 0 aromatic carbocycles. The highest BCUT2D eigenvalue weighted by atomic mass is 35.5. The van der Waals surface area contributed by atoms with Crippen molar-refractivity contribution in [2.75, 3.05) is 19.5 Å². The Hall–Kier alpha value is 0.160. The van der Waals surface area contributed by atoms with Gasteiger partial charge < -0.3 is 0 Å². The van der Waals surface area contributed by atoms with Crippen LogP contribution in [0.4, 0.5) is 0 Å². The fourth-order valence-electron chi connectivity index (χ4n) is 1.56. The van der Waals surface area contributed by atoms with Gasteiger partial charge in [-0.15, -0.1) is 11.6 Å². The number of hydrogen-bond donors (Lipinski definition) is 1. The molecule has 0 bridgehead atoms. The van der Waals surface area contributed by atoms with Gasteiger partial charge in [-0.3, -0.25) is 0 Å². The highest BCUT2D eigenvalue weighted by molar-refractivity contribution is 7.87. The Morgan fingerprint density at radius 2 is 2.23 bits per heavy atom. The van der Waals surface area contributed by atoms with E-state index in [9.17, 15) is 8.42 Å². The first-order valence-electron chi connectivity index (χ1n) is 4.38. The number of rotatable bonds is 3. The predicted molar refractivity (Wildman–Crippen MR) is 53.0 cm³/mol.